The second-order valence-corrected chi connectivity index (χ2v) is 3.02. The van der Waals surface area contributed by atoms with Crippen LogP contribution >= 0.6 is 0 Å². The standard InChI is InChI=1S/C9H11N5O/c1-14-5-12-9(13-14)6-3-4-11-8(10)7(6)15-2/h3-5H,1-2H3,(H2,10,11). The summed E-state index contributed by atoms with van der Waals surface area (Å²) in [4.78, 5) is 8.06. The Kier molecular flexibility index (Phi) is 2.24. The number of anilines is 1. The zero-order valence-electron chi connectivity index (χ0n) is 8.51. The fourth-order valence-electron chi connectivity index (χ4n) is 1.32. The molecule has 2 rings (SSSR count). The van der Waals surface area contributed by atoms with Crippen LogP contribution in [0.15, 0.2) is 18.6 Å². The fourth-order valence-corrected chi connectivity index (χ4v) is 1.32. The smallest absolute Gasteiger partial charge is 0.185 e. The molecule has 2 heterocycles. The van der Waals surface area contributed by atoms with E-state index in [0.717, 1.165) is 5.56 Å². The van der Waals surface area contributed by atoms with Gasteiger partial charge in [0.2, 0.25) is 0 Å². The van der Waals surface area contributed by atoms with E-state index >= 15 is 0 Å². The van der Waals surface area contributed by atoms with Crippen molar-refractivity contribution in [3.8, 4) is 17.1 Å². The summed E-state index contributed by atoms with van der Waals surface area (Å²) in [6.45, 7) is 0. The van der Waals surface area contributed by atoms with Gasteiger partial charge in [0.25, 0.3) is 0 Å². The molecule has 0 aliphatic rings. The first-order valence-corrected chi connectivity index (χ1v) is 4.37. The summed E-state index contributed by atoms with van der Waals surface area (Å²) in [7, 11) is 3.34. The van der Waals surface area contributed by atoms with Crippen LogP contribution in [0.2, 0.25) is 0 Å². The van der Waals surface area contributed by atoms with E-state index in [9.17, 15) is 0 Å². The molecule has 0 aliphatic carbocycles. The molecular weight excluding hydrogens is 194 g/mol. The third-order valence-electron chi connectivity index (χ3n) is 1.98. The number of nitrogens with two attached hydrogens (primary N) is 1. The lowest BCUT2D eigenvalue weighted by Crippen LogP contribution is -1.98. The van der Waals surface area contributed by atoms with E-state index in [1.165, 1.54) is 0 Å². The minimum Gasteiger partial charge on any atom is -0.492 e. The van der Waals surface area contributed by atoms with Crippen LogP contribution in [-0.4, -0.2) is 26.9 Å². The van der Waals surface area contributed by atoms with Crippen LogP contribution in [0.3, 0.4) is 0 Å². The van der Waals surface area contributed by atoms with Crippen LogP contribution in [0.5, 0.6) is 5.75 Å². The Hall–Kier alpha value is -2.11. The van der Waals surface area contributed by atoms with Gasteiger partial charge in [-0.15, -0.1) is 0 Å². The third-order valence-corrected chi connectivity index (χ3v) is 1.98. The van der Waals surface area contributed by atoms with Crippen LogP contribution in [-0.2, 0) is 7.05 Å². The van der Waals surface area contributed by atoms with Gasteiger partial charge in [-0.05, 0) is 6.07 Å². The maximum absolute atomic E-state index is 5.68. The molecule has 2 N–H and O–H groups in total. The highest BCUT2D eigenvalue weighted by atomic mass is 16.5. The van der Waals surface area contributed by atoms with Crippen LogP contribution in [0.4, 0.5) is 5.82 Å². The van der Waals surface area contributed by atoms with E-state index < -0.39 is 0 Å². The number of nitrogens with zero attached hydrogens (tertiary/aromatic N) is 4. The van der Waals surface area contributed by atoms with Crippen molar-refractivity contribution in [3.05, 3.63) is 18.6 Å². The second kappa shape index (κ2) is 3.56. The van der Waals surface area contributed by atoms with E-state index in [-0.39, 0.29) is 0 Å². The lowest BCUT2D eigenvalue weighted by atomic mass is 10.2. The predicted molar refractivity (Wildman–Crippen MR) is 55.2 cm³/mol. The summed E-state index contributed by atoms with van der Waals surface area (Å²) >= 11 is 0. The topological polar surface area (TPSA) is 78.8 Å². The van der Waals surface area contributed by atoms with Crippen molar-refractivity contribution in [3.63, 3.8) is 0 Å². The summed E-state index contributed by atoms with van der Waals surface area (Å²) in [5.74, 6) is 1.41. The largest absolute Gasteiger partial charge is 0.492 e. The normalized spacial score (nSPS) is 10.3. The van der Waals surface area contributed by atoms with Crippen LogP contribution < -0.4 is 10.5 Å². The van der Waals surface area contributed by atoms with Crippen molar-refractivity contribution >= 4 is 5.82 Å². The van der Waals surface area contributed by atoms with Crippen molar-refractivity contribution < 1.29 is 4.74 Å². The van der Waals surface area contributed by atoms with Gasteiger partial charge in [-0.3, -0.25) is 4.68 Å². The number of nitrogen functional groups attached to an aromatic ring is 1. The number of methoxy groups -OCH3 is 1. The quantitative estimate of drug-likeness (QED) is 0.770. The van der Waals surface area contributed by atoms with Gasteiger partial charge >= 0.3 is 0 Å². The van der Waals surface area contributed by atoms with Crippen molar-refractivity contribution in [2.24, 2.45) is 7.05 Å². The minimum atomic E-state index is 0.336. The van der Waals surface area contributed by atoms with Crippen LogP contribution in [0.25, 0.3) is 11.4 Å². The Morgan fingerprint density at radius 3 is 2.80 bits per heavy atom. The summed E-state index contributed by atoms with van der Waals surface area (Å²) < 4.78 is 6.78. The number of ether oxygens (including phenoxy) is 1. The molecule has 0 radical (unpaired) electrons. The molecule has 6 heteroatoms. The van der Waals surface area contributed by atoms with Gasteiger partial charge in [-0.25, -0.2) is 9.97 Å². The van der Waals surface area contributed by atoms with Crippen LogP contribution in [0, 0.1) is 0 Å². The van der Waals surface area contributed by atoms with Gasteiger partial charge in [0.05, 0.1) is 12.7 Å². The Morgan fingerprint density at radius 2 is 2.20 bits per heavy atom. The Morgan fingerprint density at radius 1 is 1.40 bits per heavy atom. The summed E-state index contributed by atoms with van der Waals surface area (Å²) in [5.41, 5.74) is 6.42. The van der Waals surface area contributed by atoms with Gasteiger partial charge in [-0.2, -0.15) is 5.10 Å². The third kappa shape index (κ3) is 1.61. The second-order valence-electron chi connectivity index (χ2n) is 3.02. The molecule has 0 fully saturated rings. The lowest BCUT2D eigenvalue weighted by Gasteiger charge is -2.06. The highest BCUT2D eigenvalue weighted by Gasteiger charge is 2.12. The SMILES string of the molecule is COc1c(-c2ncn(C)n2)ccnc1N. The van der Waals surface area contributed by atoms with E-state index in [4.69, 9.17) is 10.5 Å². The Balaban J connectivity index is 2.57. The van der Waals surface area contributed by atoms with E-state index in [0.29, 0.717) is 17.4 Å². The van der Waals surface area contributed by atoms with E-state index in [1.54, 1.807) is 37.4 Å². The molecule has 2 aromatic heterocycles. The molecule has 78 valence electrons. The molecule has 0 aliphatic heterocycles. The van der Waals surface area contributed by atoms with Crippen molar-refractivity contribution in [1.29, 1.82) is 0 Å². The number of rotatable bonds is 2. The average molecular weight is 205 g/mol. The van der Waals surface area contributed by atoms with Gasteiger partial charge in [0.15, 0.2) is 17.4 Å². The molecule has 0 aromatic carbocycles. The van der Waals surface area contributed by atoms with Crippen molar-refractivity contribution in [2.75, 3.05) is 12.8 Å². The molecule has 6 nitrogen and oxygen atoms in total. The summed E-state index contributed by atoms with van der Waals surface area (Å²) in [6, 6.07) is 1.77. The van der Waals surface area contributed by atoms with Crippen LogP contribution in [0.1, 0.15) is 0 Å². The molecule has 0 bridgehead atoms. The number of aryl methyl sites for hydroxylation is 1. The zero-order chi connectivity index (χ0) is 10.8. The molecule has 0 amide bonds. The maximum atomic E-state index is 5.68. The zero-order valence-corrected chi connectivity index (χ0v) is 8.51. The molecule has 0 unspecified atom stereocenters. The first kappa shape index (κ1) is 9.45. The monoisotopic (exact) mass is 205 g/mol. The Bertz CT molecular complexity index is 479. The maximum Gasteiger partial charge on any atom is 0.185 e. The molecule has 0 spiro atoms. The van der Waals surface area contributed by atoms with Crippen molar-refractivity contribution in [1.82, 2.24) is 19.7 Å². The van der Waals surface area contributed by atoms with Gasteiger partial charge in [-0.1, -0.05) is 0 Å². The van der Waals surface area contributed by atoms with Crippen molar-refractivity contribution in [2.45, 2.75) is 0 Å². The molecule has 0 atom stereocenters. The summed E-state index contributed by atoms with van der Waals surface area (Å²) in [6.07, 6.45) is 3.22. The summed E-state index contributed by atoms with van der Waals surface area (Å²) in [5, 5.41) is 4.17. The van der Waals surface area contributed by atoms with Gasteiger partial charge in [0.1, 0.15) is 6.33 Å². The average Bonchev–Trinajstić information content (AvgIpc) is 2.64. The lowest BCUT2D eigenvalue weighted by molar-refractivity contribution is 0.417. The van der Waals surface area contributed by atoms with E-state index in [2.05, 4.69) is 15.1 Å². The first-order valence-electron chi connectivity index (χ1n) is 4.37. The van der Waals surface area contributed by atoms with E-state index in [1.807, 2.05) is 0 Å². The highest BCUT2D eigenvalue weighted by molar-refractivity contribution is 5.70. The molecule has 2 aromatic rings. The number of aromatic nitrogens is 4. The highest BCUT2D eigenvalue weighted by Crippen LogP contribution is 2.30. The van der Waals surface area contributed by atoms with Gasteiger partial charge in [0, 0.05) is 13.2 Å². The first-order chi connectivity index (χ1) is 7.22. The molecular formula is C9H11N5O. The number of pyridine rings is 1. The van der Waals surface area contributed by atoms with Gasteiger partial charge < -0.3 is 10.5 Å². The molecule has 0 saturated heterocycles. The number of hydrogen-bond donors (Lipinski definition) is 1. The Labute approximate surface area is 86.7 Å². The predicted octanol–water partition coefficient (Wildman–Crippen LogP) is 0.468. The molecule has 0 saturated carbocycles. The minimum absolute atomic E-state index is 0.336. The fraction of sp³-hybridized carbons (Fsp3) is 0.222. The molecule has 15 heavy (non-hydrogen) atoms. The number of hydrogen-bond acceptors (Lipinski definition) is 5.